The van der Waals surface area contributed by atoms with E-state index in [0.717, 1.165) is 140 Å². The third-order valence-electron chi connectivity index (χ3n) is 15.5. The molecule has 1 aromatic heterocycles. The van der Waals surface area contributed by atoms with E-state index in [1.807, 2.05) is 0 Å². The standard InChI is InChI=1S/C73H89N3O4S/c1-9-13-17-24-46-77-67-51-64(68(50-55(67)6)78-47-25-18-14-10-2)56-32-34-58(35-33-56)71-74-75-72(81-71)59-36-40-60(41-37-59)73(7,8)66-53-69(79-48-26-19-15-11-3)65(52-70(66)80-49-27-20-16-12-4)57-38-44-63(45-39-57)76(61-28-22-21-23-29-61)62-42-30-54(5)31-43-62/h21-23,28-45,50-53H,9-20,24-27,46-49H2,1-8H3. The van der Waals surface area contributed by atoms with Crippen molar-refractivity contribution in [3.63, 3.8) is 0 Å². The number of anilines is 3. The van der Waals surface area contributed by atoms with Crippen molar-refractivity contribution in [3.8, 4) is 66.4 Å². The number of rotatable bonds is 33. The zero-order valence-corrected chi connectivity index (χ0v) is 50.8. The summed E-state index contributed by atoms with van der Waals surface area (Å²) in [6.45, 7) is 20.6. The van der Waals surface area contributed by atoms with Gasteiger partial charge in [-0.05, 0) is 122 Å². The van der Waals surface area contributed by atoms with E-state index >= 15 is 0 Å². The molecular weight excluding hydrogens is 1010 g/mol. The lowest BCUT2D eigenvalue weighted by atomic mass is 9.76. The van der Waals surface area contributed by atoms with Crippen molar-refractivity contribution in [3.05, 3.63) is 174 Å². The first-order valence-corrected chi connectivity index (χ1v) is 31.3. The van der Waals surface area contributed by atoms with E-state index in [0.29, 0.717) is 19.8 Å². The maximum Gasteiger partial charge on any atom is 0.148 e. The molecule has 0 unspecified atom stereocenters. The molecule has 1 heterocycles. The summed E-state index contributed by atoms with van der Waals surface area (Å²) in [5.74, 6) is 3.60. The highest BCUT2D eigenvalue weighted by molar-refractivity contribution is 7.17. The molecule has 0 bridgehead atoms. The minimum Gasteiger partial charge on any atom is -0.493 e. The van der Waals surface area contributed by atoms with Gasteiger partial charge in [0.25, 0.3) is 0 Å². The molecule has 8 rings (SSSR count). The molecule has 0 saturated carbocycles. The lowest BCUT2D eigenvalue weighted by Gasteiger charge is -2.30. The van der Waals surface area contributed by atoms with Gasteiger partial charge in [0.1, 0.15) is 33.0 Å². The summed E-state index contributed by atoms with van der Waals surface area (Å²) in [6, 6.07) is 54.6. The van der Waals surface area contributed by atoms with Gasteiger partial charge >= 0.3 is 0 Å². The number of nitrogens with zero attached hydrogens (tertiary/aromatic N) is 3. The van der Waals surface area contributed by atoms with Crippen LogP contribution in [-0.4, -0.2) is 36.6 Å². The monoisotopic (exact) mass is 1100 g/mol. The van der Waals surface area contributed by atoms with Crippen LogP contribution in [0, 0.1) is 13.8 Å². The normalized spacial score (nSPS) is 11.5. The highest BCUT2D eigenvalue weighted by Crippen LogP contribution is 2.46. The molecule has 81 heavy (non-hydrogen) atoms. The zero-order valence-electron chi connectivity index (χ0n) is 50.0. The van der Waals surface area contributed by atoms with Crippen LogP contribution in [0.5, 0.6) is 23.0 Å². The van der Waals surface area contributed by atoms with Gasteiger partial charge in [-0.2, -0.15) is 0 Å². The van der Waals surface area contributed by atoms with Gasteiger partial charge in [0.2, 0.25) is 0 Å². The van der Waals surface area contributed by atoms with Crippen LogP contribution >= 0.6 is 11.3 Å². The molecule has 0 aliphatic heterocycles. The Balaban J connectivity index is 1.06. The second-order valence-electron chi connectivity index (χ2n) is 22.3. The topological polar surface area (TPSA) is 65.9 Å². The van der Waals surface area contributed by atoms with Gasteiger partial charge in [-0.15, -0.1) is 10.2 Å². The quantitative estimate of drug-likeness (QED) is 0.0380. The fraction of sp³-hybridized carbons (Fsp3) is 0.397. The van der Waals surface area contributed by atoms with Gasteiger partial charge in [0.15, 0.2) is 0 Å². The van der Waals surface area contributed by atoms with E-state index < -0.39 is 5.41 Å². The van der Waals surface area contributed by atoms with E-state index in [2.05, 4.69) is 212 Å². The van der Waals surface area contributed by atoms with E-state index in [1.165, 1.54) is 75.3 Å². The van der Waals surface area contributed by atoms with E-state index in [-0.39, 0.29) is 0 Å². The second-order valence-corrected chi connectivity index (χ2v) is 23.3. The van der Waals surface area contributed by atoms with Gasteiger partial charge < -0.3 is 23.8 Å². The van der Waals surface area contributed by atoms with Crippen LogP contribution in [-0.2, 0) is 5.41 Å². The SMILES string of the molecule is CCCCCCOc1cc(-c2ccc(-c3nnc(-c4ccc(C(C)(C)c5cc(OCCCCCC)c(-c6ccc(N(c7ccccc7)c7ccc(C)cc7)cc6)cc5OCCCCCC)cc4)s3)cc2)c(OCCCCCC)cc1C. The molecule has 0 aliphatic carbocycles. The Hall–Kier alpha value is -6.90. The maximum absolute atomic E-state index is 6.90. The van der Waals surface area contributed by atoms with E-state index in [1.54, 1.807) is 11.3 Å². The first kappa shape index (κ1) is 60.2. The van der Waals surface area contributed by atoms with Crippen LogP contribution in [0.1, 0.15) is 167 Å². The molecule has 0 amide bonds. The maximum atomic E-state index is 6.90. The van der Waals surface area contributed by atoms with Crippen molar-refractivity contribution in [2.45, 2.75) is 164 Å². The van der Waals surface area contributed by atoms with Gasteiger partial charge in [0.05, 0.1) is 26.4 Å². The van der Waals surface area contributed by atoms with Crippen molar-refractivity contribution < 1.29 is 18.9 Å². The molecule has 0 N–H and O–H groups in total. The van der Waals surface area contributed by atoms with Crippen molar-refractivity contribution in [1.82, 2.24) is 10.2 Å². The van der Waals surface area contributed by atoms with Crippen LogP contribution in [0.25, 0.3) is 43.4 Å². The summed E-state index contributed by atoms with van der Waals surface area (Å²) in [6.07, 6.45) is 18.4. The highest BCUT2D eigenvalue weighted by atomic mass is 32.1. The number of hydrogen-bond donors (Lipinski definition) is 0. The minimum atomic E-state index is -0.433. The number of para-hydroxylation sites is 1. The molecule has 0 atom stereocenters. The first-order chi connectivity index (χ1) is 39.6. The van der Waals surface area contributed by atoms with Crippen molar-refractivity contribution in [1.29, 1.82) is 0 Å². The number of ether oxygens (including phenoxy) is 4. The number of unbranched alkanes of at least 4 members (excludes halogenated alkanes) is 12. The van der Waals surface area contributed by atoms with Crippen molar-refractivity contribution >= 4 is 28.4 Å². The Morgan fingerprint density at radius 3 is 1.28 bits per heavy atom. The number of aryl methyl sites for hydroxylation is 2. The van der Waals surface area contributed by atoms with Crippen molar-refractivity contribution in [2.75, 3.05) is 31.3 Å². The van der Waals surface area contributed by atoms with Crippen LogP contribution < -0.4 is 23.8 Å². The van der Waals surface area contributed by atoms with Gasteiger partial charge in [0, 0.05) is 50.3 Å². The largest absolute Gasteiger partial charge is 0.493 e. The predicted octanol–water partition coefficient (Wildman–Crippen LogP) is 21.5. The number of hydrogen-bond acceptors (Lipinski definition) is 8. The lowest BCUT2D eigenvalue weighted by molar-refractivity contribution is 0.292. The molecule has 0 aliphatic rings. The molecule has 0 spiro atoms. The number of aromatic nitrogens is 2. The Labute approximate surface area is 490 Å². The molecular formula is C73H89N3O4S. The summed E-state index contributed by atoms with van der Waals surface area (Å²) in [5, 5.41) is 11.2. The molecule has 8 aromatic rings. The summed E-state index contributed by atoms with van der Waals surface area (Å²) in [4.78, 5) is 2.31. The fourth-order valence-electron chi connectivity index (χ4n) is 10.5. The molecule has 426 valence electrons. The van der Waals surface area contributed by atoms with Gasteiger partial charge in [-0.3, -0.25) is 0 Å². The second kappa shape index (κ2) is 30.8. The Morgan fingerprint density at radius 1 is 0.395 bits per heavy atom. The summed E-state index contributed by atoms with van der Waals surface area (Å²) in [7, 11) is 0. The highest BCUT2D eigenvalue weighted by Gasteiger charge is 2.30. The molecule has 7 aromatic carbocycles. The van der Waals surface area contributed by atoms with Gasteiger partial charge in [-0.25, -0.2) is 0 Å². The minimum absolute atomic E-state index is 0.433. The van der Waals surface area contributed by atoms with E-state index in [9.17, 15) is 0 Å². The van der Waals surface area contributed by atoms with Crippen LogP contribution in [0.3, 0.4) is 0 Å². The summed E-state index contributed by atoms with van der Waals surface area (Å²) in [5.41, 5.74) is 13.8. The Morgan fingerprint density at radius 2 is 0.790 bits per heavy atom. The van der Waals surface area contributed by atoms with Crippen molar-refractivity contribution in [2.24, 2.45) is 0 Å². The average molecular weight is 1100 g/mol. The first-order valence-electron chi connectivity index (χ1n) is 30.5. The zero-order chi connectivity index (χ0) is 56.8. The third kappa shape index (κ3) is 16.4. The van der Waals surface area contributed by atoms with Crippen LogP contribution in [0.4, 0.5) is 17.1 Å². The smallest absolute Gasteiger partial charge is 0.148 e. The molecule has 0 saturated heterocycles. The Bertz CT molecular complexity index is 3130. The van der Waals surface area contributed by atoms with Crippen LogP contribution in [0.2, 0.25) is 0 Å². The number of benzene rings is 7. The fourth-order valence-corrected chi connectivity index (χ4v) is 11.3. The molecule has 7 nitrogen and oxygen atoms in total. The summed E-state index contributed by atoms with van der Waals surface area (Å²) < 4.78 is 26.6. The molecule has 0 fully saturated rings. The molecule has 0 radical (unpaired) electrons. The molecule has 8 heteroatoms. The lowest BCUT2D eigenvalue weighted by Crippen LogP contribution is -2.21. The predicted molar refractivity (Wildman–Crippen MR) is 343 cm³/mol. The third-order valence-corrected chi connectivity index (χ3v) is 16.5. The van der Waals surface area contributed by atoms with Gasteiger partial charge in [-0.1, -0.05) is 226 Å². The van der Waals surface area contributed by atoms with Crippen LogP contribution in [0.15, 0.2) is 152 Å². The Kier molecular flexibility index (Phi) is 22.9. The average Bonchev–Trinajstić information content (AvgIpc) is 4.14. The van der Waals surface area contributed by atoms with E-state index in [4.69, 9.17) is 29.1 Å². The summed E-state index contributed by atoms with van der Waals surface area (Å²) >= 11 is 1.62.